The first-order valence-electron chi connectivity index (χ1n) is 6.27. The highest BCUT2D eigenvalue weighted by atomic mass is 32.1. The van der Waals surface area contributed by atoms with Crippen LogP contribution >= 0.6 is 11.5 Å². The lowest BCUT2D eigenvalue weighted by molar-refractivity contribution is -0.137. The smallest absolute Gasteiger partial charge is 0.323 e. The summed E-state index contributed by atoms with van der Waals surface area (Å²) in [6.07, 6.45) is -8.03. The Balaban J connectivity index is 1.97. The van der Waals surface area contributed by atoms with E-state index in [0.29, 0.717) is 0 Å². The summed E-state index contributed by atoms with van der Waals surface area (Å²) >= 11 is 0.257. The normalized spacial score (nSPS) is 12.6. The predicted molar refractivity (Wildman–Crippen MR) is 74.9 cm³/mol. The predicted octanol–water partition coefficient (Wildman–Crippen LogP) is 4.87. The number of nitrogens with zero attached hydrogens (tertiary/aromatic N) is 3. The van der Waals surface area contributed by atoms with Gasteiger partial charge in [0.1, 0.15) is 22.8 Å². The first-order chi connectivity index (χ1) is 11.1. The van der Waals surface area contributed by atoms with Gasteiger partial charge in [0.25, 0.3) is 0 Å². The van der Waals surface area contributed by atoms with Gasteiger partial charge in [0.15, 0.2) is 0 Å². The molecule has 1 aromatic carbocycles. The lowest BCUT2D eigenvalue weighted by Gasteiger charge is -2.09. The van der Waals surface area contributed by atoms with E-state index in [9.17, 15) is 26.3 Å². The van der Waals surface area contributed by atoms with Crippen LogP contribution in [0.25, 0.3) is 10.9 Å². The molecule has 2 aromatic heterocycles. The second-order valence-electron chi connectivity index (χ2n) is 4.65. The van der Waals surface area contributed by atoms with Gasteiger partial charge in [0.05, 0.1) is 11.1 Å². The fourth-order valence-electron chi connectivity index (χ4n) is 1.92. The lowest BCUT2D eigenvalue weighted by atomic mass is 10.1. The molecule has 11 heteroatoms. The lowest BCUT2D eigenvalue weighted by Crippen LogP contribution is -2.05. The van der Waals surface area contributed by atoms with Gasteiger partial charge in [-0.05, 0) is 29.7 Å². The Morgan fingerprint density at radius 3 is 2.29 bits per heavy atom. The molecule has 3 aromatic rings. The second-order valence-corrected chi connectivity index (χ2v) is 5.46. The Morgan fingerprint density at radius 1 is 0.917 bits per heavy atom. The molecular weight excluding hydrogens is 358 g/mol. The molecule has 0 atom stereocenters. The Hall–Kier alpha value is -2.43. The summed E-state index contributed by atoms with van der Waals surface area (Å²) in [5, 5.41) is 2.79. The van der Waals surface area contributed by atoms with Crippen molar-refractivity contribution < 1.29 is 26.3 Å². The van der Waals surface area contributed by atoms with Crippen LogP contribution in [0, 0.1) is 0 Å². The highest BCUT2D eigenvalue weighted by molar-refractivity contribution is 7.06. The summed E-state index contributed by atoms with van der Waals surface area (Å²) in [5.74, 6) is -0.0417. The monoisotopic (exact) mass is 364 g/mol. The zero-order valence-corrected chi connectivity index (χ0v) is 12.2. The largest absolute Gasteiger partial charge is 0.427 e. The Morgan fingerprint density at radius 2 is 1.67 bits per heavy atom. The SMILES string of the molecule is FC(F)(F)c1ccc2c(Nc3cc(C(F)(F)F)sn3)ncnc2c1. The van der Waals surface area contributed by atoms with Crippen molar-refractivity contribution >= 4 is 34.1 Å². The van der Waals surface area contributed by atoms with Crippen molar-refractivity contribution in [3.8, 4) is 0 Å². The third-order valence-electron chi connectivity index (χ3n) is 3.00. The topological polar surface area (TPSA) is 50.7 Å². The van der Waals surface area contributed by atoms with E-state index in [1.54, 1.807) is 0 Å². The standard InChI is InChI=1S/C13H6F6N4S/c14-12(15,16)6-1-2-7-8(3-6)20-5-21-11(7)22-10-4-9(24-23-10)13(17,18)19/h1-5H,(H,20,21,22,23). The molecule has 0 aliphatic rings. The molecule has 0 aliphatic heterocycles. The van der Waals surface area contributed by atoms with Crippen molar-refractivity contribution in [2.24, 2.45) is 0 Å². The average molecular weight is 364 g/mol. The van der Waals surface area contributed by atoms with Gasteiger partial charge in [0.2, 0.25) is 0 Å². The van der Waals surface area contributed by atoms with Gasteiger partial charge >= 0.3 is 12.4 Å². The number of nitrogens with one attached hydrogen (secondary N) is 1. The molecule has 2 heterocycles. The van der Waals surface area contributed by atoms with Gasteiger partial charge < -0.3 is 5.32 Å². The molecule has 0 amide bonds. The zero-order valence-electron chi connectivity index (χ0n) is 11.4. The van der Waals surface area contributed by atoms with E-state index in [-0.39, 0.29) is 34.1 Å². The summed E-state index contributed by atoms with van der Waals surface area (Å²) < 4.78 is 79.4. The maximum Gasteiger partial charge on any atom is 0.427 e. The van der Waals surface area contributed by atoms with Gasteiger partial charge in [-0.15, -0.1) is 0 Å². The highest BCUT2D eigenvalue weighted by Gasteiger charge is 2.33. The van der Waals surface area contributed by atoms with Gasteiger partial charge in [-0.3, -0.25) is 0 Å². The molecule has 0 radical (unpaired) electrons. The van der Waals surface area contributed by atoms with Crippen molar-refractivity contribution in [3.05, 3.63) is 41.0 Å². The van der Waals surface area contributed by atoms with Crippen LogP contribution in [0.5, 0.6) is 0 Å². The highest BCUT2D eigenvalue weighted by Crippen LogP contribution is 2.35. The van der Waals surface area contributed by atoms with Crippen LogP contribution in [-0.4, -0.2) is 14.3 Å². The summed E-state index contributed by atoms with van der Waals surface area (Å²) in [4.78, 5) is 6.70. The van der Waals surface area contributed by atoms with Gasteiger partial charge in [-0.2, -0.15) is 30.7 Å². The molecule has 0 fully saturated rings. The van der Waals surface area contributed by atoms with Crippen molar-refractivity contribution in [1.82, 2.24) is 14.3 Å². The summed E-state index contributed by atoms with van der Waals surface area (Å²) in [7, 11) is 0. The number of halogens is 6. The fourth-order valence-corrected chi connectivity index (χ4v) is 2.48. The number of benzene rings is 1. The van der Waals surface area contributed by atoms with Crippen LogP contribution in [0.4, 0.5) is 38.0 Å². The second kappa shape index (κ2) is 5.58. The van der Waals surface area contributed by atoms with Gasteiger partial charge in [-0.1, -0.05) is 0 Å². The quantitative estimate of drug-likeness (QED) is 0.660. The number of anilines is 2. The molecule has 0 saturated heterocycles. The number of aromatic nitrogens is 3. The van der Waals surface area contributed by atoms with Crippen LogP contribution in [0.2, 0.25) is 0 Å². The van der Waals surface area contributed by atoms with Crippen molar-refractivity contribution in [1.29, 1.82) is 0 Å². The minimum absolute atomic E-state index is 0.00796. The van der Waals surface area contributed by atoms with E-state index < -0.39 is 22.8 Å². The molecule has 4 nitrogen and oxygen atoms in total. The van der Waals surface area contributed by atoms with Crippen LogP contribution in [0.3, 0.4) is 0 Å². The first kappa shape index (κ1) is 16.4. The minimum Gasteiger partial charge on any atom is -0.323 e. The number of alkyl halides is 6. The molecule has 0 bridgehead atoms. The molecule has 0 aliphatic carbocycles. The summed E-state index contributed by atoms with van der Waals surface area (Å²) in [6.45, 7) is 0. The number of hydrogen-bond donors (Lipinski definition) is 1. The maximum atomic E-state index is 12.7. The average Bonchev–Trinajstić information content (AvgIpc) is 2.95. The molecule has 1 N–H and O–H groups in total. The van der Waals surface area contributed by atoms with Crippen molar-refractivity contribution in [2.75, 3.05) is 5.32 Å². The molecule has 3 rings (SSSR count). The van der Waals surface area contributed by atoms with Crippen LogP contribution in [0.1, 0.15) is 10.4 Å². The Bertz CT molecular complexity index is 886. The van der Waals surface area contributed by atoms with E-state index >= 15 is 0 Å². The summed E-state index contributed by atoms with van der Waals surface area (Å²) in [5.41, 5.74) is -0.874. The van der Waals surface area contributed by atoms with Gasteiger partial charge in [0, 0.05) is 11.5 Å². The third kappa shape index (κ3) is 3.25. The number of fused-ring (bicyclic) bond motifs is 1. The molecular formula is C13H6F6N4S. The number of hydrogen-bond acceptors (Lipinski definition) is 5. The van der Waals surface area contributed by atoms with E-state index in [0.717, 1.165) is 30.6 Å². The molecule has 0 spiro atoms. The van der Waals surface area contributed by atoms with E-state index in [2.05, 4.69) is 19.7 Å². The summed E-state index contributed by atoms with van der Waals surface area (Å²) in [6, 6.07) is 3.63. The number of rotatable bonds is 2. The first-order valence-corrected chi connectivity index (χ1v) is 7.05. The Labute approximate surface area is 134 Å². The van der Waals surface area contributed by atoms with E-state index in [1.165, 1.54) is 0 Å². The van der Waals surface area contributed by atoms with Crippen LogP contribution in [-0.2, 0) is 12.4 Å². The van der Waals surface area contributed by atoms with E-state index in [4.69, 9.17) is 0 Å². The van der Waals surface area contributed by atoms with Gasteiger partial charge in [-0.25, -0.2) is 9.97 Å². The molecule has 126 valence electrons. The Kier molecular flexibility index (Phi) is 3.82. The fraction of sp³-hybridized carbons (Fsp3) is 0.154. The maximum absolute atomic E-state index is 12.7. The third-order valence-corrected chi connectivity index (χ3v) is 3.83. The molecule has 0 unspecified atom stereocenters. The van der Waals surface area contributed by atoms with E-state index in [1.807, 2.05) is 0 Å². The minimum atomic E-state index is -4.52. The van der Waals surface area contributed by atoms with Crippen LogP contribution < -0.4 is 5.32 Å². The molecule has 24 heavy (non-hydrogen) atoms. The van der Waals surface area contributed by atoms with Crippen LogP contribution in [0.15, 0.2) is 30.6 Å². The van der Waals surface area contributed by atoms with Crippen molar-refractivity contribution in [3.63, 3.8) is 0 Å². The molecule has 0 saturated carbocycles. The van der Waals surface area contributed by atoms with Crippen molar-refractivity contribution in [2.45, 2.75) is 12.4 Å². The zero-order chi connectivity index (χ0) is 17.5.